The Morgan fingerprint density at radius 3 is 3.14 bits per heavy atom. The Labute approximate surface area is 121 Å². The molecule has 21 heavy (non-hydrogen) atoms. The monoisotopic (exact) mass is 290 g/mol. The van der Waals surface area contributed by atoms with Gasteiger partial charge in [-0.2, -0.15) is 0 Å². The van der Waals surface area contributed by atoms with Crippen LogP contribution in [0, 0.1) is 5.82 Å². The van der Waals surface area contributed by atoms with Gasteiger partial charge in [-0.15, -0.1) is 11.7 Å². The molecule has 0 unspecified atom stereocenters. The highest BCUT2D eigenvalue weighted by atomic mass is 19.1. The van der Waals surface area contributed by atoms with Gasteiger partial charge >= 0.3 is 0 Å². The van der Waals surface area contributed by atoms with Gasteiger partial charge in [0.05, 0.1) is 6.20 Å². The van der Waals surface area contributed by atoms with Gasteiger partial charge in [-0.3, -0.25) is 4.79 Å². The van der Waals surface area contributed by atoms with Crippen molar-refractivity contribution in [2.45, 2.75) is 13.2 Å². The van der Waals surface area contributed by atoms with Crippen molar-refractivity contribution in [2.24, 2.45) is 0 Å². The summed E-state index contributed by atoms with van der Waals surface area (Å²) in [6, 6.07) is 5.83. The molecule has 6 nitrogen and oxygen atoms in total. The summed E-state index contributed by atoms with van der Waals surface area (Å²) in [4.78, 5) is 11.5. The number of hydrogen-bond donors (Lipinski definition) is 1. The van der Waals surface area contributed by atoms with E-state index in [1.807, 2.05) is 0 Å². The summed E-state index contributed by atoms with van der Waals surface area (Å²) >= 11 is 0. The third-order valence-electron chi connectivity index (χ3n) is 2.52. The van der Waals surface area contributed by atoms with E-state index in [1.165, 1.54) is 16.8 Å². The molecule has 0 fully saturated rings. The molecule has 0 atom stereocenters. The van der Waals surface area contributed by atoms with E-state index < -0.39 is 0 Å². The summed E-state index contributed by atoms with van der Waals surface area (Å²) in [5.74, 6) is -0.138. The number of carbonyl (C=O) groups excluding carboxylic acids is 1. The number of hydrogen-bond acceptors (Lipinski definition) is 4. The number of aromatic nitrogens is 3. The first-order valence-electron chi connectivity index (χ1n) is 6.32. The second-order valence-electron chi connectivity index (χ2n) is 4.25. The lowest BCUT2D eigenvalue weighted by atomic mass is 10.3. The van der Waals surface area contributed by atoms with E-state index in [4.69, 9.17) is 4.74 Å². The van der Waals surface area contributed by atoms with Gasteiger partial charge in [-0.05, 0) is 12.1 Å². The molecule has 7 heteroatoms. The Morgan fingerprint density at radius 2 is 2.38 bits per heavy atom. The molecule has 0 aliphatic rings. The quantitative estimate of drug-likeness (QED) is 0.780. The smallest absolute Gasteiger partial charge is 0.242 e. The molecule has 1 amide bonds. The number of benzene rings is 1. The SMILES string of the molecule is C=CCNC(=O)Cn1cc(COc2cccc(F)c2)nn1. The van der Waals surface area contributed by atoms with Crippen LogP contribution in [0.1, 0.15) is 5.69 Å². The number of ether oxygens (including phenoxy) is 1. The fourth-order valence-electron chi connectivity index (χ4n) is 1.59. The van der Waals surface area contributed by atoms with Crippen molar-refractivity contribution in [3.8, 4) is 5.75 Å². The van der Waals surface area contributed by atoms with Crippen LogP contribution in [-0.2, 0) is 17.9 Å². The zero-order valence-electron chi connectivity index (χ0n) is 11.3. The van der Waals surface area contributed by atoms with E-state index in [1.54, 1.807) is 24.4 Å². The fourth-order valence-corrected chi connectivity index (χ4v) is 1.59. The van der Waals surface area contributed by atoms with Crippen LogP contribution in [0.5, 0.6) is 5.75 Å². The molecular weight excluding hydrogens is 275 g/mol. The summed E-state index contributed by atoms with van der Waals surface area (Å²) in [6.45, 7) is 4.14. The maximum atomic E-state index is 13.0. The van der Waals surface area contributed by atoms with E-state index in [2.05, 4.69) is 22.2 Å². The normalized spacial score (nSPS) is 10.1. The van der Waals surface area contributed by atoms with Crippen LogP contribution in [0.4, 0.5) is 4.39 Å². The van der Waals surface area contributed by atoms with E-state index in [0.29, 0.717) is 18.0 Å². The Morgan fingerprint density at radius 1 is 1.52 bits per heavy atom. The lowest BCUT2D eigenvalue weighted by Gasteiger charge is -2.03. The van der Waals surface area contributed by atoms with Gasteiger partial charge in [0.1, 0.15) is 30.4 Å². The average molecular weight is 290 g/mol. The minimum atomic E-state index is -0.366. The minimum absolute atomic E-state index is 0.0702. The summed E-state index contributed by atoms with van der Waals surface area (Å²) in [7, 11) is 0. The molecule has 0 aliphatic heterocycles. The predicted octanol–water partition coefficient (Wildman–Crippen LogP) is 1.30. The second-order valence-corrected chi connectivity index (χ2v) is 4.25. The number of nitrogens with zero attached hydrogens (tertiary/aromatic N) is 3. The Hall–Kier alpha value is -2.70. The number of amides is 1. The summed E-state index contributed by atoms with van der Waals surface area (Å²) in [5, 5.41) is 10.3. The van der Waals surface area contributed by atoms with Crippen molar-refractivity contribution in [3.05, 3.63) is 54.6 Å². The second kappa shape index (κ2) is 7.18. The van der Waals surface area contributed by atoms with Gasteiger partial charge < -0.3 is 10.1 Å². The molecular formula is C14H15FN4O2. The first kappa shape index (κ1) is 14.7. The molecule has 0 saturated heterocycles. The average Bonchev–Trinajstić information content (AvgIpc) is 2.90. The van der Waals surface area contributed by atoms with E-state index in [0.717, 1.165) is 0 Å². The van der Waals surface area contributed by atoms with Crippen molar-refractivity contribution >= 4 is 5.91 Å². The fraction of sp³-hybridized carbons (Fsp3) is 0.214. The highest BCUT2D eigenvalue weighted by molar-refractivity contribution is 5.75. The summed E-state index contributed by atoms with van der Waals surface area (Å²) < 4.78 is 19.8. The van der Waals surface area contributed by atoms with Crippen LogP contribution in [0.25, 0.3) is 0 Å². The Bertz CT molecular complexity index is 627. The van der Waals surface area contributed by atoms with Gasteiger partial charge in [0, 0.05) is 12.6 Å². The maximum absolute atomic E-state index is 13.0. The van der Waals surface area contributed by atoms with Crippen LogP contribution in [0.2, 0.25) is 0 Å². The molecule has 2 aromatic rings. The van der Waals surface area contributed by atoms with Crippen molar-refractivity contribution in [2.75, 3.05) is 6.54 Å². The molecule has 0 spiro atoms. The lowest BCUT2D eigenvalue weighted by molar-refractivity contribution is -0.121. The van der Waals surface area contributed by atoms with Gasteiger partial charge in [0.2, 0.25) is 5.91 Å². The molecule has 0 aliphatic carbocycles. The molecule has 1 aromatic heterocycles. The highest BCUT2D eigenvalue weighted by Crippen LogP contribution is 2.13. The molecule has 1 aromatic carbocycles. The van der Waals surface area contributed by atoms with Gasteiger partial charge in [0.15, 0.2) is 0 Å². The van der Waals surface area contributed by atoms with Crippen LogP contribution >= 0.6 is 0 Å². The van der Waals surface area contributed by atoms with Crippen LogP contribution in [-0.4, -0.2) is 27.4 Å². The largest absolute Gasteiger partial charge is 0.487 e. The van der Waals surface area contributed by atoms with Crippen molar-refractivity contribution in [3.63, 3.8) is 0 Å². The third-order valence-corrected chi connectivity index (χ3v) is 2.52. The molecule has 1 N–H and O–H groups in total. The summed E-state index contributed by atoms with van der Waals surface area (Å²) in [6.07, 6.45) is 3.20. The van der Waals surface area contributed by atoms with Crippen LogP contribution in [0.3, 0.4) is 0 Å². The first-order valence-corrected chi connectivity index (χ1v) is 6.32. The predicted molar refractivity (Wildman–Crippen MR) is 74.0 cm³/mol. The topological polar surface area (TPSA) is 69.0 Å². The van der Waals surface area contributed by atoms with Gasteiger partial charge in [-0.25, -0.2) is 9.07 Å². The number of carbonyl (C=O) groups is 1. The number of halogens is 1. The number of nitrogens with one attached hydrogen (secondary N) is 1. The number of rotatable bonds is 7. The van der Waals surface area contributed by atoms with Gasteiger partial charge in [0.25, 0.3) is 0 Å². The Balaban J connectivity index is 1.85. The highest BCUT2D eigenvalue weighted by Gasteiger charge is 2.06. The first-order chi connectivity index (χ1) is 10.2. The minimum Gasteiger partial charge on any atom is -0.487 e. The van der Waals surface area contributed by atoms with Crippen molar-refractivity contribution in [1.82, 2.24) is 20.3 Å². The van der Waals surface area contributed by atoms with Crippen molar-refractivity contribution < 1.29 is 13.9 Å². The molecule has 0 saturated carbocycles. The molecule has 0 bridgehead atoms. The van der Waals surface area contributed by atoms with Crippen LogP contribution in [0.15, 0.2) is 43.1 Å². The third kappa shape index (κ3) is 4.72. The molecule has 0 radical (unpaired) electrons. The standard InChI is InChI=1S/C14H15FN4O2/c1-2-6-16-14(20)9-19-8-12(17-18-19)10-21-13-5-3-4-11(15)7-13/h2-5,7-8H,1,6,9-10H2,(H,16,20). The van der Waals surface area contributed by atoms with E-state index in [9.17, 15) is 9.18 Å². The zero-order valence-corrected chi connectivity index (χ0v) is 11.3. The van der Waals surface area contributed by atoms with E-state index in [-0.39, 0.29) is 24.9 Å². The molecule has 2 rings (SSSR count). The zero-order chi connectivity index (χ0) is 15.1. The maximum Gasteiger partial charge on any atom is 0.242 e. The molecule has 110 valence electrons. The van der Waals surface area contributed by atoms with E-state index >= 15 is 0 Å². The van der Waals surface area contributed by atoms with Crippen LogP contribution < -0.4 is 10.1 Å². The Kier molecular flexibility index (Phi) is 5.03. The van der Waals surface area contributed by atoms with Gasteiger partial charge in [-0.1, -0.05) is 17.4 Å². The van der Waals surface area contributed by atoms with Crippen molar-refractivity contribution in [1.29, 1.82) is 0 Å². The lowest BCUT2D eigenvalue weighted by Crippen LogP contribution is -2.27. The summed E-state index contributed by atoms with van der Waals surface area (Å²) in [5.41, 5.74) is 0.552. The molecule has 1 heterocycles.